The van der Waals surface area contributed by atoms with Crippen molar-refractivity contribution in [1.29, 1.82) is 0 Å². The molecule has 15 nitrogen and oxygen atoms in total. The van der Waals surface area contributed by atoms with Crippen molar-refractivity contribution in [3.05, 3.63) is 231 Å². The largest absolute Gasteiger partial charge is 0.494 e. The summed E-state index contributed by atoms with van der Waals surface area (Å²) in [5.74, 6) is 0.627. The quantitative estimate of drug-likeness (QED) is 0.0116. The number of benzene rings is 6. The second-order valence-electron chi connectivity index (χ2n) is 31.1. The first kappa shape index (κ1) is 86.9. The van der Waals surface area contributed by atoms with Crippen LogP contribution >= 0.6 is 0 Å². The average molecular weight is 1470 g/mol. The predicted octanol–water partition coefficient (Wildman–Crippen LogP) is 21.6. The third kappa shape index (κ3) is 29.6. The Labute approximate surface area is 642 Å². The van der Waals surface area contributed by atoms with Crippen molar-refractivity contribution in [2.75, 3.05) is 39.6 Å². The molecule has 578 valence electrons. The molecular weight excluding hydrogens is 1360 g/mol. The molecule has 0 N–H and O–H groups in total. The van der Waals surface area contributed by atoms with Gasteiger partial charge in [-0.05, 0) is 258 Å². The molecule has 0 radical (unpaired) electrons. The zero-order valence-corrected chi connectivity index (χ0v) is 66.8. The Morgan fingerprint density at radius 2 is 0.657 bits per heavy atom. The van der Waals surface area contributed by atoms with Gasteiger partial charge in [0.25, 0.3) is 0 Å². The molecule has 0 heterocycles. The summed E-state index contributed by atoms with van der Waals surface area (Å²) < 4.78 is 52.3. The number of carbonyl (C=O) groups excluding carboxylic acids is 6. The fourth-order valence-electron chi connectivity index (χ4n) is 12.0. The van der Waals surface area contributed by atoms with E-state index in [1.165, 1.54) is 18.2 Å². The van der Waals surface area contributed by atoms with Gasteiger partial charge in [0.05, 0.1) is 39.6 Å². The molecule has 0 fully saturated rings. The van der Waals surface area contributed by atoms with Gasteiger partial charge in [-0.2, -0.15) is 0 Å². The van der Waals surface area contributed by atoms with E-state index in [2.05, 4.69) is 121 Å². The lowest BCUT2D eigenvalue weighted by Crippen LogP contribution is -2.20. The second kappa shape index (κ2) is 42.5. The first-order chi connectivity index (χ1) is 51.2. The lowest BCUT2D eigenvalue weighted by molar-refractivity contribution is -0.139. The number of esters is 6. The van der Waals surface area contributed by atoms with Crippen LogP contribution in [0.2, 0.25) is 0 Å². The summed E-state index contributed by atoms with van der Waals surface area (Å²) in [6.07, 6.45) is 20.6. The smallest absolute Gasteiger partial charge is 0.336 e. The summed E-state index contributed by atoms with van der Waals surface area (Å²) in [4.78, 5) is 76.4. The molecule has 15 heteroatoms. The van der Waals surface area contributed by atoms with Crippen LogP contribution in [0.15, 0.2) is 170 Å². The first-order valence-electron chi connectivity index (χ1n) is 38.0. The standard InChI is InChI=1S/C93H116O15/c1-63(2)88(97)103-54-28-22-19-25-51-100-73-41-31-69(32-42-73)37-48-85(94)106-82-47-40-72(60-79(82)91(10,11)12)66(7)57-78(76-61-80(92(13,14)15)83(58-67(76)8)107-86(95)49-38-70-33-43-74(44-34-70)101-52-26-20-23-29-55-104-89(98)64(3)4)77-62-81(93(16,17)18)84(59-68(77)9)108-87(96)50-39-71-35-45-75(46-36-71)102-53-27-21-24-30-56-105-90(99)65(5)6/h31-50,58-62,66,78H,1,3,5,19-30,51-57H2,2,4,6-18H3. The molecule has 1 unspecified atom stereocenters. The van der Waals surface area contributed by atoms with Gasteiger partial charge in [-0.15, -0.1) is 0 Å². The van der Waals surface area contributed by atoms with Crippen LogP contribution in [-0.4, -0.2) is 75.5 Å². The molecule has 0 bridgehead atoms. The van der Waals surface area contributed by atoms with Crippen molar-refractivity contribution in [3.8, 4) is 34.5 Å². The Kier molecular flexibility index (Phi) is 34.2. The van der Waals surface area contributed by atoms with Gasteiger partial charge in [-0.3, -0.25) is 0 Å². The molecule has 6 aromatic carbocycles. The van der Waals surface area contributed by atoms with E-state index in [0.717, 1.165) is 155 Å². The van der Waals surface area contributed by atoms with E-state index in [1.54, 1.807) is 39.0 Å². The van der Waals surface area contributed by atoms with E-state index in [-0.39, 0.29) is 29.7 Å². The summed E-state index contributed by atoms with van der Waals surface area (Å²) in [7, 11) is 0. The summed E-state index contributed by atoms with van der Waals surface area (Å²) in [6.45, 7) is 43.9. The number of unbranched alkanes of at least 4 members (excludes halogenated alkanes) is 9. The molecule has 0 aromatic heterocycles. The van der Waals surface area contributed by atoms with Crippen LogP contribution in [0.3, 0.4) is 0 Å². The Balaban J connectivity index is 1.23. The molecule has 0 saturated heterocycles. The molecule has 0 aliphatic rings. The molecule has 0 amide bonds. The fourth-order valence-corrected chi connectivity index (χ4v) is 12.0. The molecular formula is C93H116O15. The maximum absolute atomic E-state index is 13.9. The molecule has 1 atom stereocenters. The summed E-state index contributed by atoms with van der Waals surface area (Å²) in [5, 5.41) is 0. The SMILES string of the molecule is C=C(C)C(=O)OCCCCCCOc1ccc(C=CC(=O)Oc2ccc(C(C)CC(c3cc(C(C)(C)C)c(OC(=O)C=Cc4ccc(OCCCCCCOC(=O)C(=C)C)cc4)cc3C)c3cc(C(C)(C)C)c(OC(=O)C=Cc4ccc(OCCCCCCOC(=O)C(=C)C)cc4)cc3C)cc2C(C)(C)C)cc1. The molecule has 108 heavy (non-hydrogen) atoms. The monoisotopic (exact) mass is 1470 g/mol. The second-order valence-corrected chi connectivity index (χ2v) is 31.1. The first-order valence-corrected chi connectivity index (χ1v) is 38.0. The lowest BCUT2D eigenvalue weighted by atomic mass is 9.74. The van der Waals surface area contributed by atoms with Gasteiger partial charge in [-0.1, -0.05) is 150 Å². The normalized spacial score (nSPS) is 12.3. The zero-order valence-electron chi connectivity index (χ0n) is 66.8. The zero-order chi connectivity index (χ0) is 79.1. The van der Waals surface area contributed by atoms with E-state index in [9.17, 15) is 28.8 Å². The molecule has 6 aromatic rings. The number of aryl methyl sites for hydroxylation is 2. The van der Waals surface area contributed by atoms with E-state index >= 15 is 0 Å². The summed E-state index contributed by atoms with van der Waals surface area (Å²) >= 11 is 0. The van der Waals surface area contributed by atoms with Gasteiger partial charge >= 0.3 is 35.8 Å². The van der Waals surface area contributed by atoms with Crippen LogP contribution in [0, 0.1) is 13.8 Å². The number of rotatable bonds is 41. The van der Waals surface area contributed by atoms with E-state index in [4.69, 9.17) is 42.6 Å². The van der Waals surface area contributed by atoms with Gasteiger partial charge in [0.2, 0.25) is 0 Å². The third-order valence-electron chi connectivity index (χ3n) is 18.2. The Morgan fingerprint density at radius 3 is 0.954 bits per heavy atom. The summed E-state index contributed by atoms with van der Waals surface area (Å²) in [5.41, 5.74) is 9.80. The number of hydrogen-bond acceptors (Lipinski definition) is 15. The number of hydrogen-bond donors (Lipinski definition) is 0. The predicted molar refractivity (Wildman–Crippen MR) is 432 cm³/mol. The third-order valence-corrected chi connectivity index (χ3v) is 18.2. The minimum atomic E-state index is -0.521. The van der Waals surface area contributed by atoms with Gasteiger partial charge in [0, 0.05) is 57.6 Å². The van der Waals surface area contributed by atoms with E-state index < -0.39 is 34.2 Å². The highest BCUT2D eigenvalue weighted by atomic mass is 16.6. The minimum absolute atomic E-state index is 0.0650. The number of carbonyl (C=O) groups is 6. The topological polar surface area (TPSA) is 185 Å². The average Bonchev–Trinajstić information content (AvgIpc) is 0.765. The van der Waals surface area contributed by atoms with Crippen molar-refractivity contribution in [2.45, 2.75) is 215 Å². The van der Waals surface area contributed by atoms with E-state index in [0.29, 0.717) is 80.0 Å². The Hall–Kier alpha value is -10.0. The molecule has 0 aliphatic carbocycles. The van der Waals surface area contributed by atoms with Gasteiger partial charge in [0.1, 0.15) is 34.5 Å². The van der Waals surface area contributed by atoms with Crippen LogP contribution in [0.5, 0.6) is 34.5 Å². The van der Waals surface area contributed by atoms with Gasteiger partial charge < -0.3 is 42.6 Å². The van der Waals surface area contributed by atoms with Crippen molar-refractivity contribution in [1.82, 2.24) is 0 Å². The fraction of sp³-hybridized carbons (Fsp3) is 0.419. The molecule has 0 spiro atoms. The lowest BCUT2D eigenvalue weighted by Gasteiger charge is -2.31. The van der Waals surface area contributed by atoms with Crippen molar-refractivity contribution < 1.29 is 71.4 Å². The molecule has 0 saturated carbocycles. The van der Waals surface area contributed by atoms with Crippen molar-refractivity contribution in [2.24, 2.45) is 0 Å². The van der Waals surface area contributed by atoms with Crippen molar-refractivity contribution in [3.63, 3.8) is 0 Å². The Morgan fingerprint density at radius 1 is 0.370 bits per heavy atom. The molecule has 6 rings (SSSR count). The Bertz CT molecular complexity index is 3950. The summed E-state index contributed by atoms with van der Waals surface area (Å²) in [6, 6.07) is 37.1. The van der Waals surface area contributed by atoms with Crippen LogP contribution < -0.4 is 28.4 Å². The highest BCUT2D eigenvalue weighted by Crippen LogP contribution is 2.46. The van der Waals surface area contributed by atoms with Crippen molar-refractivity contribution >= 4 is 54.0 Å². The van der Waals surface area contributed by atoms with Crippen LogP contribution in [0.25, 0.3) is 18.2 Å². The minimum Gasteiger partial charge on any atom is -0.494 e. The maximum atomic E-state index is 13.9. The molecule has 0 aliphatic heterocycles. The highest BCUT2D eigenvalue weighted by Gasteiger charge is 2.32. The van der Waals surface area contributed by atoms with Crippen LogP contribution in [-0.2, 0) is 59.2 Å². The van der Waals surface area contributed by atoms with E-state index in [1.807, 2.05) is 97.1 Å². The van der Waals surface area contributed by atoms with Gasteiger partial charge in [-0.25, -0.2) is 28.8 Å². The maximum Gasteiger partial charge on any atom is 0.336 e. The van der Waals surface area contributed by atoms with Crippen LogP contribution in [0.1, 0.15) is 247 Å². The van der Waals surface area contributed by atoms with Crippen LogP contribution in [0.4, 0.5) is 0 Å². The van der Waals surface area contributed by atoms with Gasteiger partial charge in [0.15, 0.2) is 0 Å². The number of ether oxygens (including phenoxy) is 9. The highest BCUT2D eigenvalue weighted by molar-refractivity contribution is 5.91.